The van der Waals surface area contributed by atoms with Gasteiger partial charge < -0.3 is 5.32 Å². The van der Waals surface area contributed by atoms with E-state index in [1.165, 1.54) is 11.3 Å². The third-order valence-electron chi connectivity index (χ3n) is 4.00. The van der Waals surface area contributed by atoms with Gasteiger partial charge in [-0.15, -0.1) is 11.3 Å². The van der Waals surface area contributed by atoms with Gasteiger partial charge >= 0.3 is 0 Å². The molecule has 3 rings (SSSR count). The van der Waals surface area contributed by atoms with Gasteiger partial charge in [0, 0.05) is 47.2 Å². The average Bonchev–Trinajstić information content (AvgIpc) is 3.10. The van der Waals surface area contributed by atoms with Crippen molar-refractivity contribution in [2.24, 2.45) is 0 Å². The van der Waals surface area contributed by atoms with Crippen LogP contribution in [0.2, 0.25) is 0 Å². The molecule has 0 amide bonds. The van der Waals surface area contributed by atoms with Crippen LogP contribution in [0, 0.1) is 20.8 Å². The number of nitrogens with zero attached hydrogens (tertiary/aromatic N) is 3. The van der Waals surface area contributed by atoms with Gasteiger partial charge in [0.2, 0.25) is 10.0 Å². The number of rotatable bonds is 7. The Bertz CT molecular complexity index is 1030. The number of sulfonamides is 1. The first kappa shape index (κ1) is 19.4. The molecule has 0 fully saturated rings. The van der Waals surface area contributed by atoms with Crippen molar-refractivity contribution in [2.75, 3.05) is 18.4 Å². The van der Waals surface area contributed by atoms with Crippen LogP contribution in [-0.4, -0.2) is 36.5 Å². The Labute approximate surface area is 163 Å². The standard InChI is InChI=1S/C18H21N5O2S2/c1-12-6-7-16(26-12)27(24,25)21-10-9-20-17-13(2)14(3)22-18(23-17)15-5-4-8-19-11-15/h4-8,11,21H,9-10H2,1-3H3,(H,20,22,23). The fraction of sp³-hybridized carbons (Fsp3) is 0.278. The zero-order chi connectivity index (χ0) is 19.4. The highest BCUT2D eigenvalue weighted by atomic mass is 32.2. The van der Waals surface area contributed by atoms with Gasteiger partial charge in [0.25, 0.3) is 0 Å². The molecule has 0 radical (unpaired) electrons. The number of hydrogen-bond acceptors (Lipinski definition) is 7. The Morgan fingerprint density at radius 2 is 1.89 bits per heavy atom. The largest absolute Gasteiger partial charge is 0.368 e. The third-order valence-corrected chi connectivity index (χ3v) is 6.95. The van der Waals surface area contributed by atoms with E-state index in [1.54, 1.807) is 24.5 Å². The van der Waals surface area contributed by atoms with Crippen LogP contribution < -0.4 is 10.0 Å². The zero-order valence-electron chi connectivity index (χ0n) is 15.4. The molecule has 0 saturated heterocycles. The molecule has 0 aliphatic carbocycles. The predicted octanol–water partition coefficient (Wildman–Crippen LogP) is 2.92. The van der Waals surface area contributed by atoms with Gasteiger partial charge in [-0.1, -0.05) is 0 Å². The van der Waals surface area contributed by atoms with Crippen LogP contribution in [0.5, 0.6) is 0 Å². The van der Waals surface area contributed by atoms with Crippen LogP contribution in [0.1, 0.15) is 16.1 Å². The molecule has 0 saturated carbocycles. The summed E-state index contributed by atoms with van der Waals surface area (Å²) >= 11 is 1.26. The van der Waals surface area contributed by atoms with E-state index >= 15 is 0 Å². The fourth-order valence-corrected chi connectivity index (χ4v) is 4.78. The van der Waals surface area contributed by atoms with Crippen LogP contribution in [0.15, 0.2) is 40.9 Å². The van der Waals surface area contributed by atoms with E-state index in [0.29, 0.717) is 22.4 Å². The lowest BCUT2D eigenvalue weighted by molar-refractivity contribution is 0.585. The summed E-state index contributed by atoms with van der Waals surface area (Å²) in [4.78, 5) is 14.1. The van der Waals surface area contributed by atoms with Crippen molar-refractivity contribution in [3.8, 4) is 11.4 Å². The molecule has 7 nitrogen and oxygen atoms in total. The van der Waals surface area contributed by atoms with Gasteiger partial charge in [-0.05, 0) is 45.0 Å². The smallest absolute Gasteiger partial charge is 0.250 e. The minimum Gasteiger partial charge on any atom is -0.368 e. The van der Waals surface area contributed by atoms with Crippen molar-refractivity contribution < 1.29 is 8.42 Å². The molecule has 3 heterocycles. The molecule has 2 N–H and O–H groups in total. The predicted molar refractivity (Wildman–Crippen MR) is 107 cm³/mol. The van der Waals surface area contributed by atoms with E-state index in [-0.39, 0.29) is 6.54 Å². The summed E-state index contributed by atoms with van der Waals surface area (Å²) in [6, 6.07) is 7.15. The van der Waals surface area contributed by atoms with Crippen LogP contribution in [-0.2, 0) is 10.0 Å². The molecule has 0 unspecified atom stereocenters. The summed E-state index contributed by atoms with van der Waals surface area (Å²) in [5.41, 5.74) is 2.62. The molecular formula is C18H21N5O2S2. The van der Waals surface area contributed by atoms with Crippen molar-refractivity contribution in [3.05, 3.63) is 52.8 Å². The number of aromatic nitrogens is 3. The average molecular weight is 404 g/mol. The number of anilines is 1. The molecule has 0 bridgehead atoms. The second-order valence-corrected chi connectivity index (χ2v) is 9.32. The summed E-state index contributed by atoms with van der Waals surface area (Å²) in [7, 11) is -3.48. The Hall–Kier alpha value is -2.36. The second-order valence-electron chi connectivity index (χ2n) is 6.04. The quantitative estimate of drug-likeness (QED) is 0.589. The highest BCUT2D eigenvalue weighted by molar-refractivity contribution is 7.91. The van der Waals surface area contributed by atoms with Gasteiger partial charge in [0.15, 0.2) is 5.82 Å². The molecule has 0 spiro atoms. The number of thiophene rings is 1. The summed E-state index contributed by atoms with van der Waals surface area (Å²) in [5.74, 6) is 1.27. The van der Waals surface area contributed by atoms with Gasteiger partial charge in [-0.3, -0.25) is 4.98 Å². The number of hydrogen-bond donors (Lipinski definition) is 2. The maximum absolute atomic E-state index is 12.3. The number of pyridine rings is 1. The highest BCUT2D eigenvalue weighted by Gasteiger charge is 2.15. The van der Waals surface area contributed by atoms with Crippen molar-refractivity contribution in [1.29, 1.82) is 0 Å². The fourth-order valence-electron chi connectivity index (χ4n) is 2.42. The molecule has 3 aromatic rings. The molecule has 9 heteroatoms. The Balaban J connectivity index is 1.67. The van der Waals surface area contributed by atoms with Crippen molar-refractivity contribution in [2.45, 2.75) is 25.0 Å². The topological polar surface area (TPSA) is 96.9 Å². The Kier molecular flexibility index (Phi) is 5.83. The third kappa shape index (κ3) is 4.68. The summed E-state index contributed by atoms with van der Waals surface area (Å²) in [6.45, 7) is 6.40. The number of aryl methyl sites for hydroxylation is 2. The van der Waals surface area contributed by atoms with E-state index in [2.05, 4.69) is 25.0 Å². The molecule has 0 aromatic carbocycles. The Morgan fingerprint density at radius 1 is 1.07 bits per heavy atom. The lowest BCUT2D eigenvalue weighted by Crippen LogP contribution is -2.28. The van der Waals surface area contributed by atoms with E-state index in [9.17, 15) is 8.42 Å². The summed E-state index contributed by atoms with van der Waals surface area (Å²) in [6.07, 6.45) is 3.41. The van der Waals surface area contributed by atoms with E-state index in [0.717, 1.165) is 21.7 Å². The molecule has 27 heavy (non-hydrogen) atoms. The highest BCUT2D eigenvalue weighted by Crippen LogP contribution is 2.21. The van der Waals surface area contributed by atoms with Gasteiger partial charge in [-0.2, -0.15) is 0 Å². The summed E-state index contributed by atoms with van der Waals surface area (Å²) < 4.78 is 27.4. The second kappa shape index (κ2) is 8.12. The lowest BCUT2D eigenvalue weighted by atomic mass is 10.2. The molecular weight excluding hydrogens is 382 g/mol. The van der Waals surface area contributed by atoms with Crippen molar-refractivity contribution in [1.82, 2.24) is 19.7 Å². The Morgan fingerprint density at radius 3 is 2.56 bits per heavy atom. The van der Waals surface area contributed by atoms with E-state index in [4.69, 9.17) is 0 Å². The first-order valence-electron chi connectivity index (χ1n) is 8.42. The van der Waals surface area contributed by atoms with Crippen molar-refractivity contribution >= 4 is 27.2 Å². The first-order chi connectivity index (χ1) is 12.9. The molecule has 142 valence electrons. The molecule has 0 atom stereocenters. The van der Waals surface area contributed by atoms with Crippen LogP contribution in [0.3, 0.4) is 0 Å². The minimum absolute atomic E-state index is 0.254. The maximum Gasteiger partial charge on any atom is 0.250 e. The molecule has 0 aliphatic rings. The lowest BCUT2D eigenvalue weighted by Gasteiger charge is -2.12. The van der Waals surface area contributed by atoms with Crippen LogP contribution in [0.4, 0.5) is 5.82 Å². The zero-order valence-corrected chi connectivity index (χ0v) is 17.0. The van der Waals surface area contributed by atoms with Crippen LogP contribution in [0.25, 0.3) is 11.4 Å². The minimum atomic E-state index is -3.48. The van der Waals surface area contributed by atoms with Crippen LogP contribution >= 0.6 is 11.3 Å². The summed E-state index contributed by atoms with van der Waals surface area (Å²) in [5, 5.41) is 3.20. The number of nitrogens with one attached hydrogen (secondary N) is 2. The monoisotopic (exact) mass is 403 g/mol. The molecule has 0 aliphatic heterocycles. The van der Waals surface area contributed by atoms with Gasteiger partial charge in [0.1, 0.15) is 10.0 Å². The molecule has 3 aromatic heterocycles. The van der Waals surface area contributed by atoms with Crippen molar-refractivity contribution in [3.63, 3.8) is 0 Å². The first-order valence-corrected chi connectivity index (χ1v) is 10.7. The maximum atomic E-state index is 12.3. The van der Waals surface area contributed by atoms with E-state index < -0.39 is 10.0 Å². The van der Waals surface area contributed by atoms with E-state index in [1.807, 2.05) is 32.9 Å². The normalized spacial score (nSPS) is 11.5. The van der Waals surface area contributed by atoms with Gasteiger partial charge in [-0.25, -0.2) is 23.1 Å². The van der Waals surface area contributed by atoms with Gasteiger partial charge in [0.05, 0.1) is 0 Å². The SMILES string of the molecule is Cc1ccc(S(=O)(=O)NCCNc2nc(-c3cccnc3)nc(C)c2C)s1.